The minimum absolute atomic E-state index is 0.321. The Kier molecular flexibility index (Phi) is 8.02. The highest BCUT2D eigenvalue weighted by Crippen LogP contribution is 2.39. The number of amides is 2. The fraction of sp³-hybridized carbons (Fsp3) is 0.231. The van der Waals surface area contributed by atoms with Crippen LogP contribution in [0.3, 0.4) is 0 Å². The van der Waals surface area contributed by atoms with Crippen LogP contribution in [0.4, 0.5) is 5.00 Å². The van der Waals surface area contributed by atoms with Gasteiger partial charge in [0, 0.05) is 9.90 Å². The number of rotatable bonds is 7. The van der Waals surface area contributed by atoms with Crippen LogP contribution in [0.2, 0.25) is 5.02 Å². The quantitative estimate of drug-likeness (QED) is 0.201. The number of ether oxygens (including phenoxy) is 2. The Morgan fingerprint density at radius 2 is 1.75 bits per heavy atom. The molecule has 3 aromatic rings. The van der Waals surface area contributed by atoms with Crippen molar-refractivity contribution in [3.05, 3.63) is 80.7 Å². The Balaban J connectivity index is 1.33. The molecule has 8 nitrogen and oxygen atoms in total. The zero-order valence-corrected chi connectivity index (χ0v) is 21.3. The summed E-state index contributed by atoms with van der Waals surface area (Å²) in [5, 5.41) is 7.55. The minimum Gasteiger partial charge on any atom is -0.489 e. The maximum absolute atomic E-state index is 12.4. The number of anilines is 1. The van der Waals surface area contributed by atoms with Crippen LogP contribution in [0.25, 0.3) is 0 Å². The van der Waals surface area contributed by atoms with Crippen molar-refractivity contribution in [1.82, 2.24) is 5.43 Å². The number of carbonyl (C=O) groups is 3. The number of halogens is 1. The molecule has 1 heterocycles. The second kappa shape index (κ2) is 11.4. The van der Waals surface area contributed by atoms with Crippen molar-refractivity contribution in [2.75, 3.05) is 12.4 Å². The first-order valence-electron chi connectivity index (χ1n) is 11.2. The van der Waals surface area contributed by atoms with Gasteiger partial charge >= 0.3 is 17.8 Å². The Bertz CT molecular complexity index is 1320. The Labute approximate surface area is 217 Å². The summed E-state index contributed by atoms with van der Waals surface area (Å²) in [5.74, 6) is -1.71. The Hall–Kier alpha value is -3.69. The molecule has 4 rings (SSSR count). The molecule has 186 valence electrons. The predicted molar refractivity (Wildman–Crippen MR) is 139 cm³/mol. The minimum atomic E-state index is -0.943. The molecule has 1 aliphatic rings. The maximum atomic E-state index is 12.4. The molecule has 2 aromatic carbocycles. The van der Waals surface area contributed by atoms with E-state index in [2.05, 4.69) is 15.8 Å². The van der Waals surface area contributed by atoms with Crippen LogP contribution in [0.5, 0.6) is 5.75 Å². The van der Waals surface area contributed by atoms with Crippen molar-refractivity contribution in [2.45, 2.75) is 32.8 Å². The van der Waals surface area contributed by atoms with E-state index in [-0.39, 0.29) is 0 Å². The molecule has 0 bridgehead atoms. The fourth-order valence-electron chi connectivity index (χ4n) is 3.76. The van der Waals surface area contributed by atoms with Gasteiger partial charge in [0.1, 0.15) is 17.4 Å². The van der Waals surface area contributed by atoms with Crippen molar-refractivity contribution >= 4 is 51.4 Å². The van der Waals surface area contributed by atoms with Crippen molar-refractivity contribution in [1.29, 1.82) is 0 Å². The number of methoxy groups -OCH3 is 1. The molecule has 1 aromatic heterocycles. The van der Waals surface area contributed by atoms with Gasteiger partial charge in [-0.15, -0.1) is 11.3 Å². The van der Waals surface area contributed by atoms with E-state index < -0.39 is 17.8 Å². The van der Waals surface area contributed by atoms with E-state index in [1.807, 2.05) is 24.3 Å². The van der Waals surface area contributed by atoms with E-state index in [4.69, 9.17) is 21.1 Å². The number of thiophene rings is 1. The highest BCUT2D eigenvalue weighted by Gasteiger charge is 2.29. The SMILES string of the molecule is COC(=O)c1c(NC(=O)C(=O)NN=C(C)c2ccc(OCc3ccc(Cl)cc3)cc2)sc2c1CCC2. The summed E-state index contributed by atoms with van der Waals surface area (Å²) in [7, 11) is 1.29. The zero-order chi connectivity index (χ0) is 25.7. The number of hydrogen-bond donors (Lipinski definition) is 2. The third-order valence-electron chi connectivity index (χ3n) is 5.66. The van der Waals surface area contributed by atoms with Crippen LogP contribution in [-0.4, -0.2) is 30.6 Å². The molecule has 0 atom stereocenters. The van der Waals surface area contributed by atoms with Gasteiger partial charge in [-0.3, -0.25) is 9.59 Å². The number of hydrogen-bond acceptors (Lipinski definition) is 7. The van der Waals surface area contributed by atoms with Gasteiger partial charge in [-0.05, 0) is 79.3 Å². The van der Waals surface area contributed by atoms with Crippen LogP contribution in [-0.2, 0) is 33.8 Å². The van der Waals surface area contributed by atoms with Crippen LogP contribution in [0.15, 0.2) is 53.6 Å². The molecule has 0 unspecified atom stereocenters. The highest BCUT2D eigenvalue weighted by molar-refractivity contribution is 7.17. The summed E-state index contributed by atoms with van der Waals surface area (Å²) < 4.78 is 10.6. The summed E-state index contributed by atoms with van der Waals surface area (Å²) in [6, 6.07) is 14.6. The number of hydrazone groups is 1. The normalized spacial score (nSPS) is 12.6. The summed E-state index contributed by atoms with van der Waals surface area (Å²) in [6.07, 6.45) is 2.52. The van der Waals surface area contributed by atoms with Crippen LogP contribution < -0.4 is 15.5 Å². The van der Waals surface area contributed by atoms with Gasteiger partial charge in [-0.1, -0.05) is 23.7 Å². The van der Waals surface area contributed by atoms with Crippen molar-refractivity contribution in [2.24, 2.45) is 5.10 Å². The number of carbonyl (C=O) groups excluding carboxylic acids is 3. The maximum Gasteiger partial charge on any atom is 0.341 e. The number of aryl methyl sites for hydroxylation is 1. The van der Waals surface area contributed by atoms with Gasteiger partial charge in [-0.25, -0.2) is 10.2 Å². The lowest BCUT2D eigenvalue weighted by atomic mass is 10.1. The molecule has 10 heteroatoms. The van der Waals surface area contributed by atoms with Crippen LogP contribution in [0, 0.1) is 0 Å². The van der Waals surface area contributed by atoms with Crippen molar-refractivity contribution in [3.8, 4) is 5.75 Å². The lowest BCUT2D eigenvalue weighted by molar-refractivity contribution is -0.136. The van der Waals surface area contributed by atoms with Gasteiger partial charge < -0.3 is 14.8 Å². The lowest BCUT2D eigenvalue weighted by Crippen LogP contribution is -2.33. The number of nitrogens with one attached hydrogen (secondary N) is 2. The molecule has 0 spiro atoms. The second-order valence-electron chi connectivity index (χ2n) is 8.08. The molecule has 2 amide bonds. The molecule has 0 aliphatic heterocycles. The molecule has 0 saturated carbocycles. The zero-order valence-electron chi connectivity index (χ0n) is 19.7. The number of benzene rings is 2. The number of fused-ring (bicyclic) bond motifs is 1. The molecule has 36 heavy (non-hydrogen) atoms. The largest absolute Gasteiger partial charge is 0.489 e. The molecule has 1 aliphatic carbocycles. The number of esters is 1. The summed E-state index contributed by atoms with van der Waals surface area (Å²) >= 11 is 7.19. The van der Waals surface area contributed by atoms with Gasteiger partial charge in [-0.2, -0.15) is 5.10 Å². The second-order valence-corrected chi connectivity index (χ2v) is 9.63. The first kappa shape index (κ1) is 25.4. The van der Waals surface area contributed by atoms with E-state index in [1.54, 1.807) is 31.2 Å². The molecular weight excluding hydrogens is 502 g/mol. The Morgan fingerprint density at radius 1 is 1.03 bits per heavy atom. The average molecular weight is 526 g/mol. The van der Waals surface area contributed by atoms with E-state index in [0.717, 1.165) is 40.8 Å². The van der Waals surface area contributed by atoms with Crippen molar-refractivity contribution in [3.63, 3.8) is 0 Å². The lowest BCUT2D eigenvalue weighted by Gasteiger charge is -2.08. The van der Waals surface area contributed by atoms with Crippen molar-refractivity contribution < 1.29 is 23.9 Å². The Morgan fingerprint density at radius 3 is 2.44 bits per heavy atom. The van der Waals surface area contributed by atoms with E-state index >= 15 is 0 Å². The van der Waals surface area contributed by atoms with Gasteiger partial charge in [0.2, 0.25) is 0 Å². The van der Waals surface area contributed by atoms with E-state index in [0.29, 0.717) is 33.7 Å². The molecular formula is C26H24ClN3O5S. The number of nitrogens with zero attached hydrogens (tertiary/aromatic N) is 1. The third kappa shape index (κ3) is 5.92. The highest BCUT2D eigenvalue weighted by atomic mass is 35.5. The summed E-state index contributed by atoms with van der Waals surface area (Å²) in [4.78, 5) is 38.0. The first-order valence-corrected chi connectivity index (χ1v) is 12.4. The smallest absolute Gasteiger partial charge is 0.341 e. The first-order chi connectivity index (χ1) is 17.4. The third-order valence-corrected chi connectivity index (χ3v) is 7.12. The standard InChI is InChI=1S/C26H24ClN3O5S/c1-15(17-8-12-19(13-9-17)35-14-16-6-10-18(27)11-7-16)29-30-24(32)23(31)28-25-22(26(33)34-2)20-4-3-5-21(20)36-25/h6-13H,3-5,14H2,1-2H3,(H,28,31)(H,30,32). The molecule has 0 saturated heterocycles. The summed E-state index contributed by atoms with van der Waals surface area (Å²) in [6.45, 7) is 2.11. The van der Waals surface area contributed by atoms with Gasteiger partial charge in [0.15, 0.2) is 0 Å². The molecule has 0 radical (unpaired) electrons. The van der Waals surface area contributed by atoms with Gasteiger partial charge in [0.05, 0.1) is 18.4 Å². The topological polar surface area (TPSA) is 106 Å². The fourth-order valence-corrected chi connectivity index (χ4v) is 5.16. The van der Waals surface area contributed by atoms with E-state index in [9.17, 15) is 14.4 Å². The predicted octanol–water partition coefficient (Wildman–Crippen LogP) is 4.73. The average Bonchev–Trinajstić information content (AvgIpc) is 3.47. The van der Waals surface area contributed by atoms with Crippen LogP contribution in [0.1, 0.15) is 45.3 Å². The van der Waals surface area contributed by atoms with Crippen LogP contribution >= 0.6 is 22.9 Å². The monoisotopic (exact) mass is 525 g/mol. The molecule has 2 N–H and O–H groups in total. The van der Waals surface area contributed by atoms with E-state index in [1.165, 1.54) is 18.4 Å². The van der Waals surface area contributed by atoms with Gasteiger partial charge in [0.25, 0.3) is 0 Å². The summed E-state index contributed by atoms with van der Waals surface area (Å²) in [5.41, 5.74) is 5.72. The molecule has 0 fully saturated rings.